The first-order chi connectivity index (χ1) is 13.7. The lowest BCUT2D eigenvalue weighted by Crippen LogP contribution is -2.40. The summed E-state index contributed by atoms with van der Waals surface area (Å²) in [6, 6.07) is 20.4. The molecule has 2 heterocycles. The summed E-state index contributed by atoms with van der Waals surface area (Å²) < 4.78 is 0. The van der Waals surface area contributed by atoms with Crippen LogP contribution in [0, 0.1) is 6.92 Å². The summed E-state index contributed by atoms with van der Waals surface area (Å²) in [5, 5.41) is 3.04. The second-order valence-corrected chi connectivity index (χ2v) is 8.54. The Morgan fingerprint density at radius 3 is 2.46 bits per heavy atom. The average molecular weight is 391 g/mol. The van der Waals surface area contributed by atoms with E-state index in [0.717, 1.165) is 25.1 Å². The molecule has 0 spiro atoms. The van der Waals surface area contributed by atoms with Gasteiger partial charge in [-0.1, -0.05) is 55.5 Å². The van der Waals surface area contributed by atoms with E-state index in [9.17, 15) is 4.79 Å². The van der Waals surface area contributed by atoms with Crippen LogP contribution in [0.3, 0.4) is 0 Å². The van der Waals surface area contributed by atoms with Crippen molar-refractivity contribution in [3.05, 3.63) is 87.1 Å². The summed E-state index contributed by atoms with van der Waals surface area (Å²) in [5.41, 5.74) is 5.13. The second-order valence-electron chi connectivity index (χ2n) is 7.28. The first-order valence-electron chi connectivity index (χ1n) is 9.92. The number of amides is 1. The zero-order chi connectivity index (χ0) is 19.5. The van der Waals surface area contributed by atoms with Crippen molar-refractivity contribution in [1.82, 2.24) is 4.90 Å². The minimum atomic E-state index is 0.0413. The van der Waals surface area contributed by atoms with E-state index in [1.165, 1.54) is 26.4 Å². The number of nitrogens with zero attached hydrogens (tertiary/aromatic N) is 1. The molecule has 1 N–H and O–H groups in total. The molecular weight excluding hydrogens is 364 g/mol. The van der Waals surface area contributed by atoms with E-state index in [0.29, 0.717) is 6.54 Å². The van der Waals surface area contributed by atoms with Crippen molar-refractivity contribution in [3.8, 4) is 0 Å². The molecule has 0 saturated heterocycles. The number of para-hydroxylation sites is 1. The lowest BCUT2D eigenvalue weighted by atomic mass is 9.91. The SMILES string of the molecule is CCc1c(C)sc2c1CCN(CC(=O)Nc1ccccc1)[C@H]2c1ccccc1. The number of rotatable bonds is 5. The van der Waals surface area contributed by atoms with E-state index in [1.807, 2.05) is 41.7 Å². The van der Waals surface area contributed by atoms with Crippen LogP contribution in [0.15, 0.2) is 60.7 Å². The number of hydrogen-bond donors (Lipinski definition) is 1. The number of hydrogen-bond acceptors (Lipinski definition) is 3. The van der Waals surface area contributed by atoms with Crippen molar-refractivity contribution < 1.29 is 4.79 Å². The zero-order valence-corrected chi connectivity index (χ0v) is 17.3. The quantitative estimate of drug-likeness (QED) is 0.649. The average Bonchev–Trinajstić information content (AvgIpc) is 3.04. The molecule has 0 unspecified atom stereocenters. The van der Waals surface area contributed by atoms with Gasteiger partial charge in [0.25, 0.3) is 0 Å². The molecule has 3 nitrogen and oxygen atoms in total. The molecule has 1 aliphatic rings. The van der Waals surface area contributed by atoms with Crippen LogP contribution in [0.4, 0.5) is 5.69 Å². The highest BCUT2D eigenvalue weighted by Gasteiger charge is 2.33. The number of thiophene rings is 1. The third-order valence-electron chi connectivity index (χ3n) is 5.49. The van der Waals surface area contributed by atoms with E-state index >= 15 is 0 Å². The number of carbonyl (C=O) groups is 1. The van der Waals surface area contributed by atoms with Gasteiger partial charge >= 0.3 is 0 Å². The number of fused-ring (bicyclic) bond motifs is 1. The first-order valence-corrected chi connectivity index (χ1v) is 10.7. The summed E-state index contributed by atoms with van der Waals surface area (Å²) in [6.07, 6.45) is 2.10. The smallest absolute Gasteiger partial charge is 0.238 e. The topological polar surface area (TPSA) is 32.3 Å². The van der Waals surface area contributed by atoms with Gasteiger partial charge in [-0.05, 0) is 48.6 Å². The Morgan fingerprint density at radius 1 is 1.11 bits per heavy atom. The zero-order valence-electron chi connectivity index (χ0n) is 16.4. The van der Waals surface area contributed by atoms with E-state index in [-0.39, 0.29) is 11.9 Å². The molecule has 2 aromatic carbocycles. The number of aryl methyl sites for hydroxylation is 1. The maximum absolute atomic E-state index is 12.7. The molecule has 1 atom stereocenters. The first kappa shape index (κ1) is 18.9. The predicted molar refractivity (Wildman–Crippen MR) is 117 cm³/mol. The van der Waals surface area contributed by atoms with Gasteiger partial charge in [0, 0.05) is 22.0 Å². The molecular formula is C24H26N2OS. The third-order valence-corrected chi connectivity index (χ3v) is 6.73. The van der Waals surface area contributed by atoms with E-state index in [4.69, 9.17) is 0 Å². The maximum atomic E-state index is 12.7. The molecule has 0 aliphatic carbocycles. The molecule has 1 amide bonds. The lowest BCUT2D eigenvalue weighted by Gasteiger charge is -2.36. The number of carbonyl (C=O) groups excluding carboxylic acids is 1. The molecule has 0 bridgehead atoms. The molecule has 28 heavy (non-hydrogen) atoms. The molecule has 0 radical (unpaired) electrons. The van der Waals surface area contributed by atoms with Gasteiger partial charge < -0.3 is 5.32 Å². The van der Waals surface area contributed by atoms with Crippen LogP contribution in [0.2, 0.25) is 0 Å². The predicted octanol–water partition coefficient (Wildman–Crippen LogP) is 5.21. The van der Waals surface area contributed by atoms with Crippen molar-refractivity contribution in [2.24, 2.45) is 0 Å². The molecule has 1 aromatic heterocycles. The highest BCUT2D eigenvalue weighted by molar-refractivity contribution is 7.12. The van der Waals surface area contributed by atoms with Crippen LogP contribution in [-0.2, 0) is 17.6 Å². The lowest BCUT2D eigenvalue weighted by molar-refractivity contribution is -0.117. The fourth-order valence-corrected chi connectivity index (χ4v) is 5.70. The van der Waals surface area contributed by atoms with Crippen LogP contribution < -0.4 is 5.32 Å². The number of anilines is 1. The van der Waals surface area contributed by atoms with Gasteiger partial charge in [-0.15, -0.1) is 11.3 Å². The van der Waals surface area contributed by atoms with Crippen LogP contribution in [0.25, 0.3) is 0 Å². The van der Waals surface area contributed by atoms with Gasteiger partial charge in [0.1, 0.15) is 0 Å². The van der Waals surface area contributed by atoms with E-state index in [2.05, 4.69) is 54.4 Å². The number of nitrogens with one attached hydrogen (secondary N) is 1. The Morgan fingerprint density at radius 2 is 1.79 bits per heavy atom. The highest BCUT2D eigenvalue weighted by Crippen LogP contribution is 2.42. The van der Waals surface area contributed by atoms with Crippen LogP contribution in [-0.4, -0.2) is 23.9 Å². The standard InChI is InChI=1S/C24H26N2OS/c1-3-20-17(2)28-24-21(20)14-15-26(23(24)18-10-6-4-7-11-18)16-22(27)25-19-12-8-5-9-13-19/h4-13,23H,3,14-16H2,1-2H3,(H,25,27)/t23-/m0/s1. The van der Waals surface area contributed by atoms with Crippen LogP contribution in [0.5, 0.6) is 0 Å². The summed E-state index contributed by atoms with van der Waals surface area (Å²) >= 11 is 1.91. The van der Waals surface area contributed by atoms with Crippen LogP contribution in [0.1, 0.15) is 39.4 Å². The van der Waals surface area contributed by atoms with Crippen molar-refractivity contribution in [3.63, 3.8) is 0 Å². The monoisotopic (exact) mass is 390 g/mol. The van der Waals surface area contributed by atoms with Gasteiger partial charge in [-0.2, -0.15) is 0 Å². The van der Waals surface area contributed by atoms with E-state index < -0.39 is 0 Å². The molecule has 1 aliphatic heterocycles. The Labute approximate surface area is 171 Å². The summed E-state index contributed by atoms with van der Waals surface area (Å²) in [5.74, 6) is 0.0413. The third kappa shape index (κ3) is 3.75. The Hall–Kier alpha value is -2.43. The Bertz CT molecular complexity index is 949. The minimum Gasteiger partial charge on any atom is -0.325 e. The molecule has 4 rings (SSSR count). The summed E-state index contributed by atoms with van der Waals surface area (Å²) in [7, 11) is 0. The summed E-state index contributed by atoms with van der Waals surface area (Å²) in [4.78, 5) is 17.9. The van der Waals surface area contributed by atoms with Gasteiger partial charge in [-0.25, -0.2) is 0 Å². The van der Waals surface area contributed by atoms with Crippen LogP contribution >= 0.6 is 11.3 Å². The molecule has 0 saturated carbocycles. The Balaban J connectivity index is 1.63. The van der Waals surface area contributed by atoms with Gasteiger partial charge in [0.2, 0.25) is 5.91 Å². The second kappa shape index (κ2) is 8.29. The minimum absolute atomic E-state index is 0.0413. The number of benzene rings is 2. The van der Waals surface area contributed by atoms with Crippen molar-refractivity contribution in [2.45, 2.75) is 32.7 Å². The molecule has 144 valence electrons. The van der Waals surface area contributed by atoms with Crippen molar-refractivity contribution in [2.75, 3.05) is 18.4 Å². The Kier molecular flexibility index (Phi) is 5.60. The largest absolute Gasteiger partial charge is 0.325 e. The maximum Gasteiger partial charge on any atom is 0.238 e. The van der Waals surface area contributed by atoms with Gasteiger partial charge in [0.05, 0.1) is 12.6 Å². The molecule has 0 fully saturated rings. The normalized spacial score (nSPS) is 16.6. The molecule has 4 heteroatoms. The van der Waals surface area contributed by atoms with Gasteiger partial charge in [0.15, 0.2) is 0 Å². The van der Waals surface area contributed by atoms with Crippen molar-refractivity contribution in [1.29, 1.82) is 0 Å². The fraction of sp³-hybridized carbons (Fsp3) is 0.292. The summed E-state index contributed by atoms with van der Waals surface area (Å²) in [6.45, 7) is 5.77. The van der Waals surface area contributed by atoms with Gasteiger partial charge in [-0.3, -0.25) is 9.69 Å². The molecule has 3 aromatic rings. The van der Waals surface area contributed by atoms with Crippen molar-refractivity contribution >= 4 is 22.9 Å². The highest BCUT2D eigenvalue weighted by atomic mass is 32.1. The fourth-order valence-electron chi connectivity index (χ4n) is 4.23. The van der Waals surface area contributed by atoms with E-state index in [1.54, 1.807) is 0 Å².